The van der Waals surface area contributed by atoms with Crippen molar-refractivity contribution in [3.8, 4) is 0 Å². The van der Waals surface area contributed by atoms with Gasteiger partial charge in [-0.2, -0.15) is 0 Å². The molecule has 0 radical (unpaired) electrons. The second-order valence-corrected chi connectivity index (χ2v) is 7.39. The van der Waals surface area contributed by atoms with E-state index in [1.165, 1.54) is 17.7 Å². The zero-order valence-electron chi connectivity index (χ0n) is 18.3. The summed E-state index contributed by atoms with van der Waals surface area (Å²) in [6, 6.07) is 16.7. The van der Waals surface area contributed by atoms with Gasteiger partial charge in [-0.25, -0.2) is 4.39 Å². The van der Waals surface area contributed by atoms with Crippen LogP contribution in [0, 0.1) is 5.82 Å². The van der Waals surface area contributed by atoms with Crippen molar-refractivity contribution in [2.75, 3.05) is 32.5 Å². The number of halogens is 1. The first-order chi connectivity index (χ1) is 15.3. The van der Waals surface area contributed by atoms with Gasteiger partial charge >= 0.3 is 0 Å². The van der Waals surface area contributed by atoms with Crippen LogP contribution in [0.4, 0.5) is 10.1 Å². The number of nitrogens with zero attached hydrogens (tertiary/aromatic N) is 2. The van der Waals surface area contributed by atoms with Gasteiger partial charge in [-0.05, 0) is 36.6 Å². The topological polar surface area (TPSA) is 110 Å². The van der Waals surface area contributed by atoms with Crippen molar-refractivity contribution in [2.45, 2.75) is 24.9 Å². The molecule has 1 amide bonds. The van der Waals surface area contributed by atoms with Gasteiger partial charge in [0.25, 0.3) is 12.9 Å². The number of benzene rings is 2. The number of piperidine rings is 1. The summed E-state index contributed by atoms with van der Waals surface area (Å²) in [6.45, 7) is 2.01. The summed E-state index contributed by atoms with van der Waals surface area (Å²) in [7, 11) is 3.54. The third-order valence-electron chi connectivity index (χ3n) is 4.98. The molecule has 0 atom stereocenters. The Hall–Kier alpha value is -3.46. The van der Waals surface area contributed by atoms with Gasteiger partial charge in [0, 0.05) is 39.4 Å². The van der Waals surface area contributed by atoms with Gasteiger partial charge in [0.1, 0.15) is 11.4 Å². The first-order valence-corrected chi connectivity index (χ1v) is 9.99. The third-order valence-corrected chi connectivity index (χ3v) is 4.98. The molecule has 9 heteroatoms. The maximum Gasteiger partial charge on any atom is 0.290 e. The van der Waals surface area contributed by atoms with E-state index >= 15 is 0 Å². The van der Waals surface area contributed by atoms with Gasteiger partial charge in [-0.3, -0.25) is 19.3 Å². The Bertz CT molecular complexity index is 835. The minimum absolute atomic E-state index is 0.0427. The Labute approximate surface area is 187 Å². The lowest BCUT2D eigenvalue weighted by Gasteiger charge is -2.43. The molecule has 0 aromatic heterocycles. The molecule has 0 bridgehead atoms. The number of hydrogen-bond acceptors (Lipinski definition) is 5. The van der Waals surface area contributed by atoms with Crippen molar-refractivity contribution in [1.29, 1.82) is 0 Å². The molecule has 0 spiro atoms. The van der Waals surface area contributed by atoms with Crippen LogP contribution in [0.25, 0.3) is 0 Å². The van der Waals surface area contributed by atoms with E-state index in [1.807, 2.05) is 24.3 Å². The number of nitrogens with one attached hydrogen (secondary N) is 1. The number of carboxylic acid groups (broad SMARTS) is 2. The maximum atomic E-state index is 13.6. The molecular formula is C23H30FN3O5. The molecule has 8 nitrogen and oxygen atoms in total. The number of rotatable bonds is 5. The summed E-state index contributed by atoms with van der Waals surface area (Å²) in [5.41, 5.74) is 1.23. The van der Waals surface area contributed by atoms with E-state index in [-0.39, 0.29) is 24.7 Å². The number of amides is 1. The third kappa shape index (κ3) is 8.35. The summed E-state index contributed by atoms with van der Waals surface area (Å²) < 4.78 is 13.6. The van der Waals surface area contributed by atoms with Gasteiger partial charge in [0.05, 0.1) is 0 Å². The van der Waals surface area contributed by atoms with E-state index in [0.29, 0.717) is 18.5 Å². The zero-order valence-corrected chi connectivity index (χ0v) is 18.3. The number of likely N-dealkylation sites (N-methyl/N-ethyl adjacent to an activating group) is 1. The monoisotopic (exact) mass is 447 g/mol. The van der Waals surface area contributed by atoms with E-state index < -0.39 is 5.54 Å². The van der Waals surface area contributed by atoms with Gasteiger partial charge in [0.15, 0.2) is 0 Å². The summed E-state index contributed by atoms with van der Waals surface area (Å²) >= 11 is 0. The molecule has 1 aliphatic rings. The van der Waals surface area contributed by atoms with E-state index in [4.69, 9.17) is 19.8 Å². The summed E-state index contributed by atoms with van der Waals surface area (Å²) in [5.74, 6) is -0.259. The van der Waals surface area contributed by atoms with E-state index in [9.17, 15) is 9.18 Å². The molecule has 3 rings (SSSR count). The van der Waals surface area contributed by atoms with Crippen LogP contribution in [0.2, 0.25) is 0 Å². The Morgan fingerprint density at radius 3 is 2.12 bits per heavy atom. The number of carbonyl (C=O) groups is 3. The first kappa shape index (κ1) is 26.6. The fraction of sp³-hybridized carbons (Fsp3) is 0.348. The molecule has 32 heavy (non-hydrogen) atoms. The van der Waals surface area contributed by atoms with Crippen molar-refractivity contribution in [3.05, 3.63) is 66.0 Å². The minimum atomic E-state index is -0.690. The van der Waals surface area contributed by atoms with Crippen LogP contribution in [-0.4, -0.2) is 71.6 Å². The van der Waals surface area contributed by atoms with Crippen LogP contribution in [0.5, 0.6) is 0 Å². The quantitative estimate of drug-likeness (QED) is 0.605. The number of hydrogen-bond donors (Lipinski definition) is 3. The normalized spacial score (nSPS) is 14.5. The van der Waals surface area contributed by atoms with Crippen molar-refractivity contribution in [1.82, 2.24) is 9.80 Å². The lowest BCUT2D eigenvalue weighted by Crippen LogP contribution is -2.57. The smallest absolute Gasteiger partial charge is 0.290 e. The molecule has 0 saturated carbocycles. The summed E-state index contributed by atoms with van der Waals surface area (Å²) in [6.07, 6.45) is 1.38. The van der Waals surface area contributed by atoms with Crippen molar-refractivity contribution in [2.24, 2.45) is 0 Å². The Kier molecular flexibility index (Phi) is 11.4. The highest BCUT2D eigenvalue weighted by Crippen LogP contribution is 2.30. The van der Waals surface area contributed by atoms with Crippen LogP contribution in [0.1, 0.15) is 18.4 Å². The van der Waals surface area contributed by atoms with Gasteiger partial charge in [-0.1, -0.05) is 36.4 Å². The molecule has 0 aliphatic carbocycles. The number of anilines is 1. The van der Waals surface area contributed by atoms with Crippen LogP contribution >= 0.6 is 0 Å². The average molecular weight is 448 g/mol. The second kappa shape index (κ2) is 13.8. The van der Waals surface area contributed by atoms with E-state index in [1.54, 1.807) is 25.1 Å². The van der Waals surface area contributed by atoms with Gasteiger partial charge in [-0.15, -0.1) is 0 Å². The molecule has 1 heterocycles. The lowest BCUT2D eigenvalue weighted by molar-refractivity contribution is -0.135. The Morgan fingerprint density at radius 1 is 1.06 bits per heavy atom. The molecule has 0 unspecified atom stereocenters. The fourth-order valence-electron chi connectivity index (χ4n) is 3.60. The molecule has 2 aromatic carbocycles. The summed E-state index contributed by atoms with van der Waals surface area (Å²) in [4.78, 5) is 33.6. The molecule has 174 valence electrons. The van der Waals surface area contributed by atoms with Crippen molar-refractivity contribution < 1.29 is 29.0 Å². The van der Waals surface area contributed by atoms with E-state index in [0.717, 1.165) is 19.6 Å². The second-order valence-electron chi connectivity index (χ2n) is 7.39. The highest BCUT2D eigenvalue weighted by atomic mass is 19.1. The average Bonchev–Trinajstić information content (AvgIpc) is 2.76. The lowest BCUT2D eigenvalue weighted by atomic mass is 9.85. The van der Waals surface area contributed by atoms with E-state index in [2.05, 4.69) is 22.3 Å². The van der Waals surface area contributed by atoms with Crippen LogP contribution in [0.3, 0.4) is 0 Å². The molecule has 1 saturated heterocycles. The van der Waals surface area contributed by atoms with Crippen molar-refractivity contribution >= 4 is 24.5 Å². The van der Waals surface area contributed by atoms with Crippen LogP contribution in [-0.2, 0) is 20.9 Å². The highest BCUT2D eigenvalue weighted by molar-refractivity contribution is 5.89. The molecule has 1 fully saturated rings. The fourth-order valence-corrected chi connectivity index (χ4v) is 3.60. The maximum absolute atomic E-state index is 13.6. The highest BCUT2D eigenvalue weighted by Gasteiger charge is 2.42. The zero-order chi connectivity index (χ0) is 24.0. The largest absolute Gasteiger partial charge is 0.483 e. The molecular weight excluding hydrogens is 417 g/mol. The molecule has 2 aromatic rings. The Morgan fingerprint density at radius 2 is 1.62 bits per heavy atom. The molecule has 1 aliphatic heterocycles. The number of carbonyl (C=O) groups excluding carboxylic acids is 1. The van der Waals surface area contributed by atoms with Crippen LogP contribution < -0.4 is 5.32 Å². The Balaban J connectivity index is 0.000000769. The first-order valence-electron chi connectivity index (χ1n) is 9.99. The predicted octanol–water partition coefficient (Wildman–Crippen LogP) is 2.76. The van der Waals surface area contributed by atoms with Crippen molar-refractivity contribution in [3.63, 3.8) is 0 Å². The standard InChI is InChI=1S/C21H26FN3O.2CH2O2/c1-24(2)20(26)21(23-19-10-6-9-18(22)15-19)11-13-25(14-12-21)16-17-7-4-3-5-8-17;2*2-1-3/h3-10,15,23H,11-14,16H2,1-2H3;2*1H,(H,2,3). The predicted molar refractivity (Wildman–Crippen MR) is 120 cm³/mol. The summed E-state index contributed by atoms with van der Waals surface area (Å²) in [5, 5.41) is 17.1. The minimum Gasteiger partial charge on any atom is -0.483 e. The van der Waals surface area contributed by atoms with Gasteiger partial charge < -0.3 is 20.4 Å². The molecule has 3 N–H and O–H groups in total. The number of likely N-dealkylation sites (tertiary alicyclic amines) is 1. The SMILES string of the molecule is CN(C)C(=O)C1(Nc2cccc(F)c2)CCN(Cc2ccccc2)CC1.O=CO.O=CO. The van der Waals surface area contributed by atoms with Gasteiger partial charge in [0.2, 0.25) is 5.91 Å². The van der Waals surface area contributed by atoms with Crippen LogP contribution in [0.15, 0.2) is 54.6 Å².